The lowest BCUT2D eigenvalue weighted by Crippen LogP contribution is -2.45. The lowest BCUT2D eigenvalue weighted by atomic mass is 10.0. The summed E-state index contributed by atoms with van der Waals surface area (Å²) in [6, 6.07) is 17.2. The third kappa shape index (κ3) is 5.64. The molecule has 0 radical (unpaired) electrons. The van der Waals surface area contributed by atoms with Crippen molar-refractivity contribution in [1.82, 2.24) is 9.62 Å². The van der Waals surface area contributed by atoms with E-state index in [-0.39, 0.29) is 10.9 Å². The highest BCUT2D eigenvalue weighted by Gasteiger charge is 2.22. The molecule has 0 aliphatic carbocycles. The fourth-order valence-corrected chi connectivity index (χ4v) is 4.98. The topological polar surface area (TPSA) is 49.4 Å². The summed E-state index contributed by atoms with van der Waals surface area (Å²) in [6.07, 6.45) is 0.807. The number of likely N-dealkylation sites (N-methyl/N-ethyl adjacent to an activating group) is 1. The van der Waals surface area contributed by atoms with Crippen molar-refractivity contribution in [2.24, 2.45) is 0 Å². The standard InChI is InChI=1S/C19H25BrN2O2S/c1-3-22(4-2)17(14-16-10-6-5-7-11-16)15-21-25(23,24)19-13-9-8-12-18(19)20/h5-13,17,21H,3-4,14-15H2,1-2H3. The lowest BCUT2D eigenvalue weighted by Gasteiger charge is -2.30. The zero-order chi connectivity index (χ0) is 18.3. The van der Waals surface area contributed by atoms with Gasteiger partial charge >= 0.3 is 0 Å². The number of benzene rings is 2. The Balaban J connectivity index is 2.15. The molecule has 0 aromatic heterocycles. The second-order valence-corrected chi connectivity index (χ2v) is 8.44. The molecule has 0 aliphatic heterocycles. The van der Waals surface area contributed by atoms with Crippen molar-refractivity contribution < 1.29 is 8.42 Å². The Morgan fingerprint density at radius 2 is 1.60 bits per heavy atom. The van der Waals surface area contributed by atoms with Gasteiger partial charge in [0.2, 0.25) is 10.0 Å². The van der Waals surface area contributed by atoms with E-state index in [0.717, 1.165) is 19.5 Å². The van der Waals surface area contributed by atoms with Crippen LogP contribution in [-0.2, 0) is 16.4 Å². The Morgan fingerprint density at radius 1 is 1.00 bits per heavy atom. The van der Waals surface area contributed by atoms with Crippen LogP contribution in [0.15, 0.2) is 64.0 Å². The fraction of sp³-hybridized carbons (Fsp3) is 0.368. The van der Waals surface area contributed by atoms with Crippen LogP contribution in [0.2, 0.25) is 0 Å². The minimum absolute atomic E-state index is 0.106. The lowest BCUT2D eigenvalue weighted by molar-refractivity contribution is 0.216. The van der Waals surface area contributed by atoms with Gasteiger partial charge in [0.05, 0.1) is 4.90 Å². The van der Waals surface area contributed by atoms with Gasteiger partial charge in [0, 0.05) is 17.1 Å². The Labute approximate surface area is 159 Å². The molecule has 0 spiro atoms. The molecule has 1 atom stereocenters. The summed E-state index contributed by atoms with van der Waals surface area (Å²) < 4.78 is 28.7. The van der Waals surface area contributed by atoms with Crippen molar-refractivity contribution in [3.05, 3.63) is 64.6 Å². The maximum atomic E-state index is 12.6. The molecule has 0 saturated heterocycles. The minimum atomic E-state index is -3.55. The molecule has 2 aromatic rings. The maximum absolute atomic E-state index is 12.6. The first-order chi connectivity index (χ1) is 12.0. The number of hydrogen-bond acceptors (Lipinski definition) is 3. The zero-order valence-corrected chi connectivity index (χ0v) is 17.1. The second kappa shape index (κ2) is 9.48. The van der Waals surface area contributed by atoms with E-state index in [9.17, 15) is 8.42 Å². The van der Waals surface area contributed by atoms with E-state index in [4.69, 9.17) is 0 Å². The largest absolute Gasteiger partial charge is 0.299 e. The van der Waals surface area contributed by atoms with Crippen LogP contribution in [0.1, 0.15) is 19.4 Å². The maximum Gasteiger partial charge on any atom is 0.241 e. The summed E-state index contributed by atoms with van der Waals surface area (Å²) >= 11 is 3.32. The highest BCUT2D eigenvalue weighted by atomic mass is 79.9. The van der Waals surface area contributed by atoms with Crippen LogP contribution in [0.25, 0.3) is 0 Å². The first-order valence-corrected chi connectivity index (χ1v) is 10.8. The molecule has 0 bridgehead atoms. The summed E-state index contributed by atoms with van der Waals surface area (Å²) in [7, 11) is -3.55. The summed E-state index contributed by atoms with van der Waals surface area (Å²) in [4.78, 5) is 2.56. The average Bonchev–Trinajstić information content (AvgIpc) is 2.61. The molecule has 136 valence electrons. The van der Waals surface area contributed by atoms with Crippen LogP contribution < -0.4 is 4.72 Å². The Bertz CT molecular complexity index is 762. The minimum Gasteiger partial charge on any atom is -0.299 e. The van der Waals surface area contributed by atoms with Gasteiger partial charge in [-0.1, -0.05) is 56.3 Å². The predicted molar refractivity (Wildman–Crippen MR) is 106 cm³/mol. The first-order valence-electron chi connectivity index (χ1n) is 8.50. The number of hydrogen-bond donors (Lipinski definition) is 1. The van der Waals surface area contributed by atoms with Gasteiger partial charge < -0.3 is 0 Å². The van der Waals surface area contributed by atoms with E-state index in [1.54, 1.807) is 24.3 Å². The monoisotopic (exact) mass is 424 g/mol. The molecule has 2 aromatic carbocycles. The Morgan fingerprint density at radius 3 is 2.20 bits per heavy atom. The predicted octanol–water partition coefficient (Wildman–Crippen LogP) is 3.68. The van der Waals surface area contributed by atoms with Crippen LogP contribution in [0.4, 0.5) is 0 Å². The van der Waals surface area contributed by atoms with Crippen LogP contribution in [0.3, 0.4) is 0 Å². The van der Waals surface area contributed by atoms with E-state index >= 15 is 0 Å². The van der Waals surface area contributed by atoms with Gasteiger partial charge in [-0.2, -0.15) is 0 Å². The van der Waals surface area contributed by atoms with Crippen LogP contribution >= 0.6 is 15.9 Å². The Kier molecular flexibility index (Phi) is 7.62. The Hall–Kier alpha value is -1.21. The van der Waals surface area contributed by atoms with Crippen molar-refractivity contribution in [2.45, 2.75) is 31.2 Å². The molecule has 0 aliphatic rings. The van der Waals surface area contributed by atoms with E-state index in [2.05, 4.69) is 51.5 Å². The van der Waals surface area contributed by atoms with Gasteiger partial charge in [0.1, 0.15) is 0 Å². The summed E-state index contributed by atoms with van der Waals surface area (Å²) in [5.41, 5.74) is 1.21. The zero-order valence-electron chi connectivity index (χ0n) is 14.7. The molecule has 6 heteroatoms. The summed E-state index contributed by atoms with van der Waals surface area (Å²) in [6.45, 7) is 6.34. The molecule has 0 saturated carbocycles. The van der Waals surface area contributed by atoms with Gasteiger partial charge in [0.15, 0.2) is 0 Å². The van der Waals surface area contributed by atoms with Gasteiger partial charge in [0.25, 0.3) is 0 Å². The summed E-state index contributed by atoms with van der Waals surface area (Å²) in [5.74, 6) is 0. The SMILES string of the molecule is CCN(CC)C(CNS(=O)(=O)c1ccccc1Br)Cc1ccccc1. The molecular weight excluding hydrogens is 400 g/mol. The van der Waals surface area contributed by atoms with Gasteiger partial charge in [-0.3, -0.25) is 4.90 Å². The molecule has 4 nitrogen and oxygen atoms in total. The normalized spacial score (nSPS) is 13.1. The number of nitrogens with one attached hydrogen (secondary N) is 1. The number of nitrogens with zero attached hydrogens (tertiary/aromatic N) is 1. The smallest absolute Gasteiger partial charge is 0.241 e. The van der Waals surface area contributed by atoms with E-state index < -0.39 is 10.0 Å². The van der Waals surface area contributed by atoms with E-state index in [1.165, 1.54) is 5.56 Å². The van der Waals surface area contributed by atoms with E-state index in [1.807, 2.05) is 18.2 Å². The molecule has 1 unspecified atom stereocenters. The molecule has 25 heavy (non-hydrogen) atoms. The summed E-state index contributed by atoms with van der Waals surface area (Å²) in [5, 5.41) is 0. The van der Waals surface area contributed by atoms with Gasteiger partial charge in [-0.25, -0.2) is 13.1 Å². The molecule has 0 fully saturated rings. The third-order valence-corrected chi connectivity index (χ3v) is 6.71. The number of rotatable bonds is 9. The number of sulfonamides is 1. The molecule has 0 amide bonds. The van der Waals surface area contributed by atoms with Gasteiger partial charge in [-0.05, 0) is 53.1 Å². The third-order valence-electron chi connectivity index (χ3n) is 4.28. The molecular formula is C19H25BrN2O2S. The molecule has 0 heterocycles. The first kappa shape index (κ1) is 20.1. The fourth-order valence-electron chi connectivity index (χ4n) is 2.90. The van der Waals surface area contributed by atoms with Crippen molar-refractivity contribution >= 4 is 26.0 Å². The van der Waals surface area contributed by atoms with Crippen LogP contribution in [-0.4, -0.2) is 39.0 Å². The van der Waals surface area contributed by atoms with Crippen molar-refractivity contribution in [3.63, 3.8) is 0 Å². The molecule has 2 rings (SSSR count). The van der Waals surface area contributed by atoms with E-state index in [0.29, 0.717) is 11.0 Å². The van der Waals surface area contributed by atoms with Crippen molar-refractivity contribution in [2.75, 3.05) is 19.6 Å². The van der Waals surface area contributed by atoms with Gasteiger partial charge in [-0.15, -0.1) is 0 Å². The quantitative estimate of drug-likeness (QED) is 0.667. The van der Waals surface area contributed by atoms with Crippen LogP contribution in [0.5, 0.6) is 0 Å². The molecule has 1 N–H and O–H groups in total. The van der Waals surface area contributed by atoms with Crippen molar-refractivity contribution in [3.8, 4) is 0 Å². The van der Waals surface area contributed by atoms with Crippen LogP contribution in [0, 0.1) is 0 Å². The highest BCUT2D eigenvalue weighted by molar-refractivity contribution is 9.10. The number of halogens is 1. The van der Waals surface area contributed by atoms with Crippen molar-refractivity contribution in [1.29, 1.82) is 0 Å². The highest BCUT2D eigenvalue weighted by Crippen LogP contribution is 2.21. The second-order valence-electron chi connectivity index (χ2n) is 5.85. The average molecular weight is 425 g/mol.